The van der Waals surface area contributed by atoms with Gasteiger partial charge in [-0.25, -0.2) is 4.39 Å². The smallest absolute Gasteiger partial charge is 0.155 e. The minimum Gasteiger partial charge on any atom is -0.298 e. The average Bonchev–Trinajstić information content (AvgIpc) is 2.55. The molecule has 0 aliphatic rings. The van der Waals surface area contributed by atoms with Crippen LogP contribution in [0, 0.1) is 5.82 Å². The van der Waals surface area contributed by atoms with Crippen molar-refractivity contribution in [3.8, 4) is 0 Å². The lowest BCUT2D eigenvalue weighted by Crippen LogP contribution is -1.79. The highest BCUT2D eigenvalue weighted by Crippen LogP contribution is 2.31. The quantitative estimate of drug-likeness (QED) is 0.715. The van der Waals surface area contributed by atoms with Crippen molar-refractivity contribution in [2.24, 2.45) is 0 Å². The Bertz CT molecular complexity index is 478. The first kappa shape index (κ1) is 8.84. The lowest BCUT2D eigenvalue weighted by atomic mass is 10.2. The molecule has 2 aromatic rings. The minimum atomic E-state index is -0.296. The maximum Gasteiger partial charge on any atom is 0.155 e. The molecule has 0 saturated heterocycles. The van der Waals surface area contributed by atoms with E-state index in [9.17, 15) is 9.18 Å². The molecule has 0 aliphatic heterocycles. The molecular weight excluding hydrogens is 255 g/mol. The van der Waals surface area contributed by atoms with Crippen LogP contribution in [0.25, 0.3) is 10.1 Å². The summed E-state index contributed by atoms with van der Waals surface area (Å²) in [6, 6.07) is 3.35. The number of thiophene rings is 1. The van der Waals surface area contributed by atoms with Crippen LogP contribution in [0.5, 0.6) is 0 Å². The molecule has 1 nitrogen and oxygen atoms in total. The van der Waals surface area contributed by atoms with Gasteiger partial charge in [0, 0.05) is 16.3 Å². The molecule has 66 valence electrons. The molecule has 0 radical (unpaired) electrons. The van der Waals surface area contributed by atoms with Crippen LogP contribution in [-0.4, -0.2) is 6.29 Å². The third kappa shape index (κ3) is 1.30. The molecule has 0 saturated carbocycles. The molecule has 1 heterocycles. The fourth-order valence-corrected chi connectivity index (χ4v) is 2.57. The summed E-state index contributed by atoms with van der Waals surface area (Å²) in [5, 5.41) is 2.34. The van der Waals surface area contributed by atoms with E-state index in [1.165, 1.54) is 11.3 Å². The van der Waals surface area contributed by atoms with Crippen LogP contribution in [0.15, 0.2) is 22.0 Å². The van der Waals surface area contributed by atoms with Crippen molar-refractivity contribution in [2.75, 3.05) is 0 Å². The van der Waals surface area contributed by atoms with E-state index in [-0.39, 0.29) is 5.82 Å². The fourth-order valence-electron chi connectivity index (χ4n) is 1.15. The first-order valence-corrected chi connectivity index (χ1v) is 5.21. The van der Waals surface area contributed by atoms with Crippen molar-refractivity contribution >= 4 is 43.6 Å². The molecule has 0 spiro atoms. The van der Waals surface area contributed by atoms with Gasteiger partial charge in [0.25, 0.3) is 0 Å². The first-order valence-electron chi connectivity index (χ1n) is 3.54. The zero-order chi connectivity index (χ0) is 9.42. The molecular formula is C9H4BrFOS. The van der Waals surface area contributed by atoms with Gasteiger partial charge >= 0.3 is 0 Å². The predicted octanol–water partition coefficient (Wildman–Crippen LogP) is 3.62. The van der Waals surface area contributed by atoms with E-state index in [1.54, 1.807) is 17.5 Å². The maximum atomic E-state index is 13.4. The van der Waals surface area contributed by atoms with E-state index >= 15 is 0 Å². The summed E-state index contributed by atoms with van der Waals surface area (Å²) in [7, 11) is 0. The van der Waals surface area contributed by atoms with Gasteiger partial charge < -0.3 is 0 Å². The highest BCUT2D eigenvalue weighted by molar-refractivity contribution is 9.10. The molecule has 0 amide bonds. The third-order valence-corrected chi connectivity index (χ3v) is 3.41. The lowest BCUT2D eigenvalue weighted by molar-refractivity contribution is 0.112. The first-order chi connectivity index (χ1) is 6.24. The second-order valence-corrected chi connectivity index (χ2v) is 4.28. The Balaban J connectivity index is 2.88. The van der Waals surface area contributed by atoms with Crippen molar-refractivity contribution in [2.45, 2.75) is 0 Å². The second-order valence-electron chi connectivity index (χ2n) is 2.55. The molecule has 0 aliphatic carbocycles. The summed E-state index contributed by atoms with van der Waals surface area (Å²) in [6.45, 7) is 0. The molecule has 0 bridgehead atoms. The molecule has 0 N–H and O–H groups in total. The van der Waals surface area contributed by atoms with E-state index in [2.05, 4.69) is 15.9 Å². The number of carbonyl (C=O) groups is 1. The van der Waals surface area contributed by atoms with Crippen molar-refractivity contribution < 1.29 is 9.18 Å². The summed E-state index contributed by atoms with van der Waals surface area (Å²) < 4.78 is 14.3. The molecule has 1 aromatic carbocycles. The number of hydrogen-bond acceptors (Lipinski definition) is 2. The van der Waals surface area contributed by atoms with Gasteiger partial charge in [0.1, 0.15) is 0 Å². The zero-order valence-corrected chi connectivity index (χ0v) is 8.78. The number of rotatable bonds is 1. The second kappa shape index (κ2) is 3.20. The van der Waals surface area contributed by atoms with Gasteiger partial charge in [-0.15, -0.1) is 11.3 Å². The SMILES string of the molecule is O=Cc1csc2c(F)c(Br)ccc12. The summed E-state index contributed by atoms with van der Waals surface area (Å²) in [6.07, 6.45) is 0.742. The zero-order valence-electron chi connectivity index (χ0n) is 6.38. The highest BCUT2D eigenvalue weighted by atomic mass is 79.9. The maximum absolute atomic E-state index is 13.4. The molecule has 4 heteroatoms. The number of fused-ring (bicyclic) bond motifs is 1. The van der Waals surface area contributed by atoms with Gasteiger partial charge in [0.15, 0.2) is 12.1 Å². The fraction of sp³-hybridized carbons (Fsp3) is 0. The number of benzene rings is 1. The Labute approximate surface area is 86.3 Å². The third-order valence-electron chi connectivity index (χ3n) is 1.79. The molecule has 1 aromatic heterocycles. The van der Waals surface area contributed by atoms with Gasteiger partial charge in [-0.3, -0.25) is 4.79 Å². The van der Waals surface area contributed by atoms with Crippen molar-refractivity contribution in [3.63, 3.8) is 0 Å². The Hall–Kier alpha value is -0.740. The van der Waals surface area contributed by atoms with Crippen molar-refractivity contribution in [1.82, 2.24) is 0 Å². The number of aldehydes is 1. The Morgan fingerprint density at radius 1 is 1.46 bits per heavy atom. The van der Waals surface area contributed by atoms with E-state index in [1.807, 2.05) is 0 Å². The monoisotopic (exact) mass is 258 g/mol. The number of carbonyl (C=O) groups excluding carboxylic acids is 1. The van der Waals surface area contributed by atoms with Crippen LogP contribution in [0.3, 0.4) is 0 Å². The number of halogens is 2. The Morgan fingerprint density at radius 3 is 2.92 bits per heavy atom. The summed E-state index contributed by atoms with van der Waals surface area (Å²) in [5.74, 6) is -0.296. The Morgan fingerprint density at radius 2 is 2.23 bits per heavy atom. The average molecular weight is 259 g/mol. The van der Waals surface area contributed by atoms with Gasteiger partial charge in [-0.2, -0.15) is 0 Å². The van der Waals surface area contributed by atoms with Crippen molar-refractivity contribution in [3.05, 3.63) is 33.4 Å². The van der Waals surface area contributed by atoms with Crippen molar-refractivity contribution in [1.29, 1.82) is 0 Å². The molecule has 13 heavy (non-hydrogen) atoms. The summed E-state index contributed by atoms with van der Waals surface area (Å²) >= 11 is 4.33. The molecule has 0 fully saturated rings. The van der Waals surface area contributed by atoms with Crippen LogP contribution in [0.1, 0.15) is 10.4 Å². The van der Waals surface area contributed by atoms with Gasteiger partial charge in [-0.1, -0.05) is 6.07 Å². The van der Waals surface area contributed by atoms with Crippen LogP contribution in [0.2, 0.25) is 0 Å². The van der Waals surface area contributed by atoms with E-state index < -0.39 is 0 Å². The largest absolute Gasteiger partial charge is 0.298 e. The topological polar surface area (TPSA) is 17.1 Å². The van der Waals surface area contributed by atoms with Gasteiger partial charge in [0.2, 0.25) is 0 Å². The summed E-state index contributed by atoms with van der Waals surface area (Å²) in [5.41, 5.74) is 0.548. The van der Waals surface area contributed by atoms with E-state index in [0.29, 0.717) is 20.1 Å². The standard InChI is InChI=1S/C9H4BrFOS/c10-7-2-1-6-5(3-12)4-13-9(6)8(7)11/h1-4H. The number of hydrogen-bond donors (Lipinski definition) is 0. The van der Waals surface area contributed by atoms with Crippen LogP contribution >= 0.6 is 27.3 Å². The normalized spacial score (nSPS) is 10.6. The van der Waals surface area contributed by atoms with Gasteiger partial charge in [-0.05, 0) is 22.0 Å². The molecule has 0 atom stereocenters. The molecule has 2 rings (SSSR count). The van der Waals surface area contributed by atoms with E-state index in [4.69, 9.17) is 0 Å². The van der Waals surface area contributed by atoms with E-state index in [0.717, 1.165) is 6.29 Å². The van der Waals surface area contributed by atoms with Crippen LogP contribution in [-0.2, 0) is 0 Å². The van der Waals surface area contributed by atoms with Crippen LogP contribution < -0.4 is 0 Å². The summed E-state index contributed by atoms with van der Waals surface area (Å²) in [4.78, 5) is 10.6. The highest BCUT2D eigenvalue weighted by Gasteiger charge is 2.09. The lowest BCUT2D eigenvalue weighted by Gasteiger charge is -1.95. The predicted molar refractivity (Wildman–Crippen MR) is 54.9 cm³/mol. The van der Waals surface area contributed by atoms with Gasteiger partial charge in [0.05, 0.1) is 9.17 Å². The molecule has 0 unspecified atom stereocenters. The minimum absolute atomic E-state index is 0.296. The Kier molecular flexibility index (Phi) is 2.17. The van der Waals surface area contributed by atoms with Crippen LogP contribution in [0.4, 0.5) is 4.39 Å².